The Bertz CT molecular complexity index is 3280. The van der Waals surface area contributed by atoms with Crippen molar-refractivity contribution < 1.29 is 0 Å². The zero-order valence-electron chi connectivity index (χ0n) is 33.9. The van der Waals surface area contributed by atoms with Gasteiger partial charge in [-0.25, -0.2) is 29.9 Å². The van der Waals surface area contributed by atoms with Gasteiger partial charge in [0.25, 0.3) is 0 Å². The number of benzene rings is 6. The summed E-state index contributed by atoms with van der Waals surface area (Å²) >= 11 is 0. The number of rotatable bonds is 8. The Morgan fingerprint density at radius 2 is 0.516 bits per heavy atom. The molecule has 0 aliphatic rings. The summed E-state index contributed by atoms with van der Waals surface area (Å²) in [5.41, 5.74) is 9.09. The molecule has 298 valence electrons. The molecule has 12 aromatic rings. The highest BCUT2D eigenvalue weighted by atomic mass is 15.0. The van der Waals surface area contributed by atoms with Crippen molar-refractivity contribution in [2.75, 3.05) is 0 Å². The lowest BCUT2D eigenvalue weighted by atomic mass is 9.83. The van der Waals surface area contributed by atoms with Crippen LogP contribution < -0.4 is 0 Å². The van der Waals surface area contributed by atoms with Crippen LogP contribution in [0.3, 0.4) is 0 Å². The normalized spacial score (nSPS) is 11.4. The Balaban J connectivity index is 1.21. The Hall–Kier alpha value is -9.02. The molecule has 0 aliphatic heterocycles. The van der Waals surface area contributed by atoms with E-state index in [1.807, 2.05) is 60.7 Å². The first-order valence-corrected chi connectivity index (χ1v) is 20.8. The molecular formula is C54H32N10. The van der Waals surface area contributed by atoms with Crippen LogP contribution in [0, 0.1) is 0 Å². The molecule has 0 atom stereocenters. The molecule has 0 radical (unpaired) electrons. The van der Waals surface area contributed by atoms with E-state index in [2.05, 4.69) is 105 Å². The summed E-state index contributed by atoms with van der Waals surface area (Å²) in [4.78, 5) is 48.4. The molecule has 64 heavy (non-hydrogen) atoms. The number of hydrogen-bond acceptors (Lipinski definition) is 10. The van der Waals surface area contributed by atoms with Crippen molar-refractivity contribution in [3.63, 3.8) is 0 Å². The monoisotopic (exact) mass is 820 g/mol. The lowest BCUT2D eigenvalue weighted by Crippen LogP contribution is -2.03. The lowest BCUT2D eigenvalue weighted by Gasteiger charge is -2.21. The number of pyridine rings is 4. The number of aromatic nitrogens is 10. The van der Waals surface area contributed by atoms with E-state index in [-0.39, 0.29) is 0 Å². The molecule has 12 rings (SSSR count). The third kappa shape index (κ3) is 6.45. The van der Waals surface area contributed by atoms with Crippen LogP contribution in [0.15, 0.2) is 195 Å². The van der Waals surface area contributed by atoms with Crippen LogP contribution in [0.25, 0.3) is 123 Å². The Morgan fingerprint density at radius 3 is 0.812 bits per heavy atom. The summed E-state index contributed by atoms with van der Waals surface area (Å²) in [5, 5.41) is 6.32. The van der Waals surface area contributed by atoms with E-state index in [4.69, 9.17) is 29.9 Å². The molecule has 0 saturated heterocycles. The van der Waals surface area contributed by atoms with Crippen LogP contribution in [-0.2, 0) is 0 Å². The van der Waals surface area contributed by atoms with Gasteiger partial charge in [0.1, 0.15) is 0 Å². The first-order valence-electron chi connectivity index (χ1n) is 20.8. The Morgan fingerprint density at radius 1 is 0.234 bits per heavy atom. The summed E-state index contributed by atoms with van der Waals surface area (Å²) in [7, 11) is 0. The van der Waals surface area contributed by atoms with Crippen LogP contribution >= 0.6 is 0 Å². The molecule has 10 nitrogen and oxygen atoms in total. The van der Waals surface area contributed by atoms with Gasteiger partial charge in [0.05, 0.1) is 0 Å². The van der Waals surface area contributed by atoms with E-state index in [9.17, 15) is 0 Å². The van der Waals surface area contributed by atoms with E-state index in [1.165, 1.54) is 0 Å². The maximum atomic E-state index is 5.20. The molecule has 0 aliphatic carbocycles. The summed E-state index contributed by atoms with van der Waals surface area (Å²) in [6, 6.07) is 49.7. The largest absolute Gasteiger partial charge is 0.264 e. The van der Waals surface area contributed by atoms with Crippen molar-refractivity contribution in [2.45, 2.75) is 0 Å². The SMILES string of the molecule is c1ccc(-c2cc(-c3nc(-c4cccnc4)nc(-c4cccnc4)n3)c3ccc4c(-c5ccccc5)cc(-c5nc(-c6cccnc6)nc(-c6cccnc6)n5)c5ccc2c3c45)cc1. The van der Waals surface area contributed by atoms with E-state index < -0.39 is 0 Å². The molecule has 0 amide bonds. The van der Waals surface area contributed by atoms with Crippen molar-refractivity contribution in [3.8, 4) is 90.6 Å². The average molecular weight is 821 g/mol. The van der Waals surface area contributed by atoms with Crippen molar-refractivity contribution >= 4 is 32.3 Å². The molecule has 0 spiro atoms. The third-order valence-electron chi connectivity index (χ3n) is 11.5. The van der Waals surface area contributed by atoms with Gasteiger partial charge in [0.2, 0.25) is 0 Å². The van der Waals surface area contributed by atoms with E-state index in [1.54, 1.807) is 49.6 Å². The van der Waals surface area contributed by atoms with Gasteiger partial charge in [-0.1, -0.05) is 84.9 Å². The van der Waals surface area contributed by atoms with Gasteiger partial charge in [-0.3, -0.25) is 19.9 Å². The second-order valence-electron chi connectivity index (χ2n) is 15.3. The fourth-order valence-electron chi connectivity index (χ4n) is 8.57. The minimum atomic E-state index is 0.515. The molecule has 6 heterocycles. The Labute approximate surface area is 366 Å². The minimum absolute atomic E-state index is 0.515. The van der Waals surface area contributed by atoms with Gasteiger partial charge in [-0.2, -0.15) is 0 Å². The molecule has 0 N–H and O–H groups in total. The van der Waals surface area contributed by atoms with Crippen LogP contribution in [0.5, 0.6) is 0 Å². The summed E-state index contributed by atoms with van der Waals surface area (Å²) in [5.74, 6) is 3.13. The van der Waals surface area contributed by atoms with Gasteiger partial charge in [0, 0.05) is 83.0 Å². The standard InChI is InChI=1S/C54H32N10/c1-3-11-33(12-4-1)43-27-45(53-61-49(35-15-7-23-55-29-35)59-50(62-53)36-16-8-24-56-30-36)41-22-20-40-44(34-13-5-2-6-14-34)28-46(42-21-19-39(43)47(41)48(40)42)54-63-51(37-17-9-25-57-31-37)60-52(64-54)38-18-10-26-58-32-38/h1-32H. The highest BCUT2D eigenvalue weighted by molar-refractivity contribution is 6.31. The second-order valence-corrected chi connectivity index (χ2v) is 15.3. The Kier molecular flexibility index (Phi) is 8.89. The molecule has 6 aromatic heterocycles. The molecule has 0 fully saturated rings. The second kappa shape index (κ2) is 15.5. The van der Waals surface area contributed by atoms with E-state index in [0.717, 1.165) is 88.0 Å². The van der Waals surface area contributed by atoms with E-state index in [0.29, 0.717) is 34.9 Å². The molecular weight excluding hydrogens is 789 g/mol. The maximum Gasteiger partial charge on any atom is 0.165 e. The zero-order chi connectivity index (χ0) is 42.4. The minimum Gasteiger partial charge on any atom is -0.264 e. The van der Waals surface area contributed by atoms with Crippen molar-refractivity contribution in [1.29, 1.82) is 0 Å². The van der Waals surface area contributed by atoms with Crippen molar-refractivity contribution in [3.05, 3.63) is 195 Å². The first-order chi connectivity index (χ1) is 31.7. The van der Waals surface area contributed by atoms with Crippen LogP contribution in [0.1, 0.15) is 0 Å². The van der Waals surface area contributed by atoms with Crippen LogP contribution in [0.4, 0.5) is 0 Å². The average Bonchev–Trinajstić information content (AvgIpc) is 3.39. The molecule has 10 heteroatoms. The smallest absolute Gasteiger partial charge is 0.165 e. The van der Waals surface area contributed by atoms with Gasteiger partial charge < -0.3 is 0 Å². The molecule has 0 saturated carbocycles. The summed E-state index contributed by atoms with van der Waals surface area (Å²) in [6.07, 6.45) is 14.1. The quantitative estimate of drug-likeness (QED) is 0.137. The summed E-state index contributed by atoms with van der Waals surface area (Å²) < 4.78 is 0. The van der Waals surface area contributed by atoms with E-state index >= 15 is 0 Å². The van der Waals surface area contributed by atoms with Crippen LogP contribution in [0.2, 0.25) is 0 Å². The highest BCUT2D eigenvalue weighted by Gasteiger charge is 2.24. The molecule has 0 unspecified atom stereocenters. The van der Waals surface area contributed by atoms with Gasteiger partial charge >= 0.3 is 0 Å². The van der Waals surface area contributed by atoms with Crippen LogP contribution in [-0.4, -0.2) is 49.8 Å². The van der Waals surface area contributed by atoms with Gasteiger partial charge in [-0.05, 0) is 115 Å². The van der Waals surface area contributed by atoms with Crippen molar-refractivity contribution in [2.24, 2.45) is 0 Å². The molecule has 0 bridgehead atoms. The maximum absolute atomic E-state index is 5.20. The van der Waals surface area contributed by atoms with Crippen molar-refractivity contribution in [1.82, 2.24) is 49.8 Å². The van der Waals surface area contributed by atoms with Gasteiger partial charge in [-0.15, -0.1) is 0 Å². The lowest BCUT2D eigenvalue weighted by molar-refractivity contribution is 1.07. The predicted molar refractivity (Wildman–Crippen MR) is 252 cm³/mol. The topological polar surface area (TPSA) is 129 Å². The molecule has 6 aromatic carbocycles. The fraction of sp³-hybridized carbons (Fsp3) is 0. The predicted octanol–water partition coefficient (Wildman–Crippen LogP) is 11.9. The summed E-state index contributed by atoms with van der Waals surface area (Å²) in [6.45, 7) is 0. The fourth-order valence-corrected chi connectivity index (χ4v) is 8.57. The third-order valence-corrected chi connectivity index (χ3v) is 11.5. The highest BCUT2D eigenvalue weighted by Crippen LogP contribution is 2.48. The van der Waals surface area contributed by atoms with Gasteiger partial charge in [0.15, 0.2) is 34.9 Å². The number of nitrogens with zero attached hydrogens (tertiary/aromatic N) is 10. The first kappa shape index (κ1) is 36.8. The number of hydrogen-bond donors (Lipinski definition) is 0. The zero-order valence-corrected chi connectivity index (χ0v) is 33.9.